The number of aryl methyl sites for hydroxylation is 2. The molecule has 1 aromatic carbocycles. The SMILES string of the molecule is Cn1c(C(C)(C)C)nc2ccc(CCCO)cc21. The summed E-state index contributed by atoms with van der Waals surface area (Å²) in [4.78, 5) is 4.72. The number of fused-ring (bicyclic) bond motifs is 1. The number of rotatable bonds is 3. The second kappa shape index (κ2) is 4.73. The summed E-state index contributed by atoms with van der Waals surface area (Å²) < 4.78 is 2.18. The summed E-state index contributed by atoms with van der Waals surface area (Å²) >= 11 is 0. The molecule has 2 aromatic rings. The summed E-state index contributed by atoms with van der Waals surface area (Å²) in [5.74, 6) is 1.11. The third-order valence-electron chi connectivity index (χ3n) is 3.24. The molecular weight excluding hydrogens is 224 g/mol. The van der Waals surface area contributed by atoms with Crippen LogP contribution in [-0.4, -0.2) is 21.3 Å². The Bertz CT molecular complexity index is 549. The summed E-state index contributed by atoms with van der Waals surface area (Å²) in [5.41, 5.74) is 3.55. The second-order valence-corrected chi connectivity index (χ2v) is 5.89. The van der Waals surface area contributed by atoms with Gasteiger partial charge in [0.25, 0.3) is 0 Å². The Balaban J connectivity index is 2.47. The number of aliphatic hydroxyl groups is 1. The van der Waals surface area contributed by atoms with Crippen LogP contribution in [0.3, 0.4) is 0 Å². The first kappa shape index (κ1) is 13.1. The predicted molar refractivity (Wildman–Crippen MR) is 74.8 cm³/mol. The number of imidazole rings is 1. The number of aliphatic hydroxyl groups excluding tert-OH is 1. The summed E-state index contributed by atoms with van der Waals surface area (Å²) in [5, 5.41) is 8.89. The van der Waals surface area contributed by atoms with Crippen molar-refractivity contribution in [1.82, 2.24) is 9.55 Å². The molecule has 0 saturated carbocycles. The van der Waals surface area contributed by atoms with Crippen molar-refractivity contribution in [3.63, 3.8) is 0 Å². The first-order valence-electron chi connectivity index (χ1n) is 6.50. The Morgan fingerprint density at radius 1 is 1.28 bits per heavy atom. The van der Waals surface area contributed by atoms with Crippen LogP contribution >= 0.6 is 0 Å². The zero-order chi connectivity index (χ0) is 13.3. The van der Waals surface area contributed by atoms with Crippen LogP contribution in [0, 0.1) is 0 Å². The topological polar surface area (TPSA) is 38.0 Å². The largest absolute Gasteiger partial charge is 0.396 e. The molecule has 0 bridgehead atoms. The average Bonchev–Trinajstić information content (AvgIpc) is 2.64. The van der Waals surface area contributed by atoms with Gasteiger partial charge < -0.3 is 9.67 Å². The number of aromatic nitrogens is 2. The van der Waals surface area contributed by atoms with Gasteiger partial charge in [0.15, 0.2) is 0 Å². The third kappa shape index (κ3) is 2.41. The Labute approximate surface area is 108 Å². The van der Waals surface area contributed by atoms with Crippen LogP contribution in [-0.2, 0) is 18.9 Å². The molecule has 1 heterocycles. The van der Waals surface area contributed by atoms with Gasteiger partial charge in [0.2, 0.25) is 0 Å². The van der Waals surface area contributed by atoms with Gasteiger partial charge in [-0.15, -0.1) is 0 Å². The molecule has 2 rings (SSSR count). The van der Waals surface area contributed by atoms with Crippen LogP contribution in [0.25, 0.3) is 11.0 Å². The van der Waals surface area contributed by atoms with Gasteiger partial charge in [-0.3, -0.25) is 0 Å². The molecule has 0 fully saturated rings. The average molecular weight is 246 g/mol. The third-order valence-corrected chi connectivity index (χ3v) is 3.24. The van der Waals surface area contributed by atoms with E-state index in [0.29, 0.717) is 0 Å². The van der Waals surface area contributed by atoms with Crippen LogP contribution in [0.5, 0.6) is 0 Å². The van der Waals surface area contributed by atoms with Gasteiger partial charge >= 0.3 is 0 Å². The minimum Gasteiger partial charge on any atom is -0.396 e. The lowest BCUT2D eigenvalue weighted by Gasteiger charge is -2.17. The Morgan fingerprint density at radius 3 is 2.61 bits per heavy atom. The van der Waals surface area contributed by atoms with E-state index in [1.165, 1.54) is 11.1 Å². The van der Waals surface area contributed by atoms with Gasteiger partial charge in [0.05, 0.1) is 11.0 Å². The van der Waals surface area contributed by atoms with E-state index in [9.17, 15) is 0 Å². The van der Waals surface area contributed by atoms with Gasteiger partial charge in [0, 0.05) is 19.1 Å². The van der Waals surface area contributed by atoms with E-state index >= 15 is 0 Å². The van der Waals surface area contributed by atoms with Crippen molar-refractivity contribution in [2.45, 2.75) is 39.0 Å². The highest BCUT2D eigenvalue weighted by Crippen LogP contribution is 2.26. The van der Waals surface area contributed by atoms with Gasteiger partial charge in [0.1, 0.15) is 5.82 Å². The van der Waals surface area contributed by atoms with Crippen molar-refractivity contribution >= 4 is 11.0 Å². The van der Waals surface area contributed by atoms with Gasteiger partial charge in [-0.25, -0.2) is 4.98 Å². The maximum atomic E-state index is 8.89. The number of hydrogen-bond acceptors (Lipinski definition) is 2. The molecule has 0 aliphatic carbocycles. The standard InChI is InChI=1S/C15H22N2O/c1-15(2,3)14-16-12-8-7-11(6-5-9-18)10-13(12)17(14)4/h7-8,10,18H,5-6,9H2,1-4H3. The predicted octanol–water partition coefficient (Wildman–Crippen LogP) is 2.80. The molecule has 3 nitrogen and oxygen atoms in total. The molecule has 0 atom stereocenters. The molecule has 18 heavy (non-hydrogen) atoms. The summed E-state index contributed by atoms with van der Waals surface area (Å²) in [6.07, 6.45) is 1.73. The van der Waals surface area contributed by atoms with E-state index in [2.05, 4.69) is 50.6 Å². The van der Waals surface area contributed by atoms with E-state index < -0.39 is 0 Å². The van der Waals surface area contributed by atoms with E-state index in [1.807, 2.05) is 0 Å². The quantitative estimate of drug-likeness (QED) is 0.904. The first-order chi connectivity index (χ1) is 8.43. The number of nitrogens with zero attached hydrogens (tertiary/aromatic N) is 2. The maximum Gasteiger partial charge on any atom is 0.115 e. The molecular formula is C15H22N2O. The lowest BCUT2D eigenvalue weighted by atomic mass is 9.96. The molecule has 0 aliphatic rings. The monoisotopic (exact) mass is 246 g/mol. The lowest BCUT2D eigenvalue weighted by molar-refractivity contribution is 0.288. The fraction of sp³-hybridized carbons (Fsp3) is 0.533. The Kier molecular flexibility index (Phi) is 3.44. The number of benzene rings is 1. The zero-order valence-electron chi connectivity index (χ0n) is 11.7. The Hall–Kier alpha value is -1.35. The molecule has 1 aromatic heterocycles. The maximum absolute atomic E-state index is 8.89. The summed E-state index contributed by atoms with van der Waals surface area (Å²) in [6.45, 7) is 6.79. The van der Waals surface area contributed by atoms with Crippen LogP contribution in [0.15, 0.2) is 18.2 Å². The molecule has 1 N–H and O–H groups in total. The normalized spacial score (nSPS) is 12.3. The van der Waals surface area contributed by atoms with E-state index in [4.69, 9.17) is 10.1 Å². The van der Waals surface area contributed by atoms with Crippen molar-refractivity contribution < 1.29 is 5.11 Å². The molecule has 0 aliphatic heterocycles. The van der Waals surface area contributed by atoms with Crippen LogP contribution in [0.1, 0.15) is 38.6 Å². The van der Waals surface area contributed by atoms with Crippen molar-refractivity contribution in [3.8, 4) is 0 Å². The second-order valence-electron chi connectivity index (χ2n) is 5.89. The van der Waals surface area contributed by atoms with Crippen molar-refractivity contribution in [2.24, 2.45) is 7.05 Å². The van der Waals surface area contributed by atoms with Crippen molar-refractivity contribution in [1.29, 1.82) is 0 Å². The smallest absolute Gasteiger partial charge is 0.115 e. The van der Waals surface area contributed by atoms with E-state index in [0.717, 1.165) is 24.2 Å². The molecule has 0 amide bonds. The highest BCUT2D eigenvalue weighted by Gasteiger charge is 2.21. The highest BCUT2D eigenvalue weighted by atomic mass is 16.2. The first-order valence-corrected chi connectivity index (χ1v) is 6.50. The molecule has 0 spiro atoms. The van der Waals surface area contributed by atoms with Crippen LogP contribution in [0.4, 0.5) is 0 Å². The van der Waals surface area contributed by atoms with Crippen LogP contribution < -0.4 is 0 Å². The Morgan fingerprint density at radius 2 is 2.00 bits per heavy atom. The van der Waals surface area contributed by atoms with Gasteiger partial charge in [-0.1, -0.05) is 26.8 Å². The minimum absolute atomic E-state index is 0.0546. The molecule has 0 saturated heterocycles. The van der Waals surface area contributed by atoms with Crippen molar-refractivity contribution in [3.05, 3.63) is 29.6 Å². The van der Waals surface area contributed by atoms with Crippen molar-refractivity contribution in [2.75, 3.05) is 6.61 Å². The number of hydrogen-bond donors (Lipinski definition) is 1. The fourth-order valence-corrected chi connectivity index (χ4v) is 2.34. The molecule has 0 radical (unpaired) electrons. The summed E-state index contributed by atoms with van der Waals surface area (Å²) in [6, 6.07) is 6.38. The molecule has 3 heteroatoms. The van der Waals surface area contributed by atoms with E-state index in [-0.39, 0.29) is 12.0 Å². The summed E-state index contributed by atoms with van der Waals surface area (Å²) in [7, 11) is 2.08. The van der Waals surface area contributed by atoms with E-state index in [1.54, 1.807) is 0 Å². The minimum atomic E-state index is 0.0546. The highest BCUT2D eigenvalue weighted by molar-refractivity contribution is 5.77. The zero-order valence-corrected chi connectivity index (χ0v) is 11.7. The lowest BCUT2D eigenvalue weighted by Crippen LogP contribution is -2.17. The van der Waals surface area contributed by atoms with Crippen LogP contribution in [0.2, 0.25) is 0 Å². The molecule has 0 unspecified atom stereocenters. The fourth-order valence-electron chi connectivity index (χ4n) is 2.34. The van der Waals surface area contributed by atoms with Gasteiger partial charge in [-0.2, -0.15) is 0 Å². The van der Waals surface area contributed by atoms with Gasteiger partial charge in [-0.05, 0) is 30.5 Å². The molecule has 98 valence electrons.